The molecular weight excluding hydrogens is 384 g/mol. The maximum absolute atomic E-state index is 12.6. The van der Waals surface area contributed by atoms with Gasteiger partial charge in [0.15, 0.2) is 5.82 Å². The lowest BCUT2D eigenvalue weighted by atomic mass is 9.99. The molecule has 1 aliphatic carbocycles. The number of unbranched alkanes of at least 4 members (excludes halogenated alkanes) is 1. The number of imide groups is 1. The molecule has 1 aliphatic rings. The Kier molecular flexibility index (Phi) is 7.41. The van der Waals surface area contributed by atoms with E-state index in [0.717, 1.165) is 18.4 Å². The highest BCUT2D eigenvalue weighted by atomic mass is 35.5. The molecule has 7 nitrogen and oxygen atoms in total. The smallest absolute Gasteiger partial charge is 0.425 e. The molecule has 0 bridgehead atoms. The monoisotopic (exact) mass is 410 g/mol. The largest absolute Gasteiger partial charge is 0.449 e. The Bertz CT molecular complexity index is 745. The standard InChI is InChI=1S/C20H27ClN2O5/c1-5-6-9-27-18(25)23(19(26)28-20(2,3)4)17-16(21)11-14(12-22-17)13-7-8-15(24)10-13/h11-13H,5-10H2,1-4H3. The molecule has 154 valence electrons. The van der Waals surface area contributed by atoms with Crippen LogP contribution in [0.3, 0.4) is 0 Å². The molecule has 0 saturated heterocycles. The molecular formula is C20H27ClN2O5. The van der Waals surface area contributed by atoms with Gasteiger partial charge in [0.1, 0.15) is 11.4 Å². The summed E-state index contributed by atoms with van der Waals surface area (Å²) in [5, 5.41) is 0.121. The fraction of sp³-hybridized carbons (Fsp3) is 0.600. The van der Waals surface area contributed by atoms with Gasteiger partial charge in [0, 0.05) is 19.0 Å². The highest BCUT2D eigenvalue weighted by Crippen LogP contribution is 2.35. The van der Waals surface area contributed by atoms with Crippen LogP contribution in [-0.4, -0.2) is 35.2 Å². The number of amides is 2. The van der Waals surface area contributed by atoms with E-state index < -0.39 is 17.8 Å². The van der Waals surface area contributed by atoms with Crippen molar-refractivity contribution in [3.05, 3.63) is 22.8 Å². The first-order valence-electron chi connectivity index (χ1n) is 9.49. The van der Waals surface area contributed by atoms with Crippen molar-refractivity contribution in [1.82, 2.24) is 4.98 Å². The molecule has 8 heteroatoms. The van der Waals surface area contributed by atoms with Gasteiger partial charge in [-0.3, -0.25) is 4.79 Å². The minimum atomic E-state index is -0.910. The molecule has 1 fully saturated rings. The molecule has 1 saturated carbocycles. The molecule has 28 heavy (non-hydrogen) atoms. The average Bonchev–Trinajstić information content (AvgIpc) is 3.01. The summed E-state index contributed by atoms with van der Waals surface area (Å²) in [7, 11) is 0. The third-order valence-corrected chi connectivity index (χ3v) is 4.53. The van der Waals surface area contributed by atoms with Crippen molar-refractivity contribution in [1.29, 1.82) is 0 Å². The van der Waals surface area contributed by atoms with E-state index in [2.05, 4.69) is 4.98 Å². The van der Waals surface area contributed by atoms with Crippen LogP contribution < -0.4 is 4.90 Å². The van der Waals surface area contributed by atoms with Crippen molar-refractivity contribution in [3.8, 4) is 0 Å². The number of aromatic nitrogens is 1. The second-order valence-electron chi connectivity index (χ2n) is 7.84. The number of Topliss-reactive ketones (excluding diaryl/α,β-unsaturated/α-hetero) is 1. The fourth-order valence-electron chi connectivity index (χ4n) is 2.86. The molecule has 1 unspecified atom stereocenters. The summed E-state index contributed by atoms with van der Waals surface area (Å²) in [6.45, 7) is 7.22. The topological polar surface area (TPSA) is 85.8 Å². The summed E-state index contributed by atoms with van der Waals surface area (Å²) in [6.07, 6.45) is 2.99. The van der Waals surface area contributed by atoms with E-state index in [-0.39, 0.29) is 29.1 Å². The number of anilines is 1. The van der Waals surface area contributed by atoms with Crippen molar-refractivity contribution in [2.24, 2.45) is 0 Å². The maximum atomic E-state index is 12.6. The number of rotatable bonds is 5. The Labute approximate surface area is 170 Å². The van der Waals surface area contributed by atoms with E-state index in [1.807, 2.05) is 6.92 Å². The van der Waals surface area contributed by atoms with Gasteiger partial charge in [-0.25, -0.2) is 14.6 Å². The Morgan fingerprint density at radius 2 is 2.04 bits per heavy atom. The number of nitrogens with zero attached hydrogens (tertiary/aromatic N) is 2. The number of pyridine rings is 1. The van der Waals surface area contributed by atoms with Crippen LogP contribution in [0.5, 0.6) is 0 Å². The van der Waals surface area contributed by atoms with E-state index in [4.69, 9.17) is 21.1 Å². The van der Waals surface area contributed by atoms with Gasteiger partial charge in [-0.1, -0.05) is 24.9 Å². The van der Waals surface area contributed by atoms with Gasteiger partial charge in [0.2, 0.25) is 0 Å². The Morgan fingerprint density at radius 1 is 1.32 bits per heavy atom. The van der Waals surface area contributed by atoms with Crippen molar-refractivity contribution < 1.29 is 23.9 Å². The van der Waals surface area contributed by atoms with Crippen LogP contribution in [0.25, 0.3) is 0 Å². The number of hydrogen-bond donors (Lipinski definition) is 0. The van der Waals surface area contributed by atoms with Crippen LogP contribution in [0.4, 0.5) is 15.4 Å². The van der Waals surface area contributed by atoms with Crippen molar-refractivity contribution in [3.63, 3.8) is 0 Å². The zero-order valence-electron chi connectivity index (χ0n) is 16.8. The minimum Gasteiger partial charge on any atom is -0.449 e. The normalized spacial score (nSPS) is 16.8. The lowest BCUT2D eigenvalue weighted by Crippen LogP contribution is -2.42. The van der Waals surface area contributed by atoms with Crippen molar-refractivity contribution in [2.45, 2.75) is 71.3 Å². The molecule has 0 aliphatic heterocycles. The molecule has 1 atom stereocenters. The van der Waals surface area contributed by atoms with Crippen LogP contribution in [0, 0.1) is 0 Å². The summed E-state index contributed by atoms with van der Waals surface area (Å²) < 4.78 is 10.5. The molecule has 1 aromatic rings. The number of ether oxygens (including phenoxy) is 2. The third kappa shape index (κ3) is 5.92. The zero-order valence-corrected chi connectivity index (χ0v) is 17.5. The first kappa shape index (κ1) is 22.1. The van der Waals surface area contributed by atoms with E-state index >= 15 is 0 Å². The van der Waals surface area contributed by atoms with Crippen molar-refractivity contribution in [2.75, 3.05) is 11.5 Å². The summed E-state index contributed by atoms with van der Waals surface area (Å²) in [5.41, 5.74) is -0.00145. The number of carbonyl (C=O) groups is 3. The van der Waals surface area contributed by atoms with Gasteiger partial charge in [-0.15, -0.1) is 0 Å². The van der Waals surface area contributed by atoms with E-state index in [0.29, 0.717) is 24.2 Å². The molecule has 1 heterocycles. The lowest BCUT2D eigenvalue weighted by Gasteiger charge is -2.25. The van der Waals surface area contributed by atoms with Gasteiger partial charge in [-0.05, 0) is 51.2 Å². The second kappa shape index (κ2) is 9.37. The third-order valence-electron chi connectivity index (χ3n) is 4.25. The summed E-state index contributed by atoms with van der Waals surface area (Å²) in [4.78, 5) is 41.7. The molecule has 2 amide bonds. The van der Waals surface area contributed by atoms with Gasteiger partial charge >= 0.3 is 12.2 Å². The fourth-order valence-corrected chi connectivity index (χ4v) is 3.11. The average molecular weight is 411 g/mol. The molecule has 0 N–H and O–H groups in total. The Morgan fingerprint density at radius 3 is 2.57 bits per heavy atom. The maximum Gasteiger partial charge on any atom is 0.425 e. The van der Waals surface area contributed by atoms with E-state index in [1.165, 1.54) is 0 Å². The van der Waals surface area contributed by atoms with Gasteiger partial charge in [0.25, 0.3) is 0 Å². The van der Waals surface area contributed by atoms with Crippen LogP contribution in [0.1, 0.15) is 71.3 Å². The second-order valence-corrected chi connectivity index (χ2v) is 8.24. The molecule has 0 radical (unpaired) electrons. The minimum absolute atomic E-state index is 0.0505. The highest BCUT2D eigenvalue weighted by molar-refractivity contribution is 6.34. The first-order valence-corrected chi connectivity index (χ1v) is 9.87. The van der Waals surface area contributed by atoms with E-state index in [1.54, 1.807) is 33.0 Å². The molecule has 2 rings (SSSR count). The SMILES string of the molecule is CCCCOC(=O)N(C(=O)OC(C)(C)C)c1ncc(C2CCC(=O)C2)cc1Cl. The van der Waals surface area contributed by atoms with Gasteiger partial charge in [0.05, 0.1) is 11.6 Å². The summed E-state index contributed by atoms with van der Waals surface area (Å²) in [6, 6.07) is 1.64. The Balaban J connectivity index is 2.29. The number of carbonyl (C=O) groups excluding carboxylic acids is 3. The Hall–Kier alpha value is -2.15. The van der Waals surface area contributed by atoms with Crippen LogP contribution in [0.2, 0.25) is 5.02 Å². The van der Waals surface area contributed by atoms with Crippen LogP contribution >= 0.6 is 11.6 Å². The molecule has 0 spiro atoms. The summed E-state index contributed by atoms with van der Waals surface area (Å²) >= 11 is 6.36. The predicted molar refractivity (Wildman–Crippen MR) is 106 cm³/mol. The van der Waals surface area contributed by atoms with Crippen LogP contribution in [-0.2, 0) is 14.3 Å². The molecule has 1 aromatic heterocycles. The quantitative estimate of drug-likeness (QED) is 0.616. The predicted octanol–water partition coefficient (Wildman–Crippen LogP) is 5.25. The first-order chi connectivity index (χ1) is 13.1. The lowest BCUT2D eigenvalue weighted by molar-refractivity contribution is -0.117. The summed E-state index contributed by atoms with van der Waals surface area (Å²) in [5.74, 6) is 0.212. The number of hydrogen-bond acceptors (Lipinski definition) is 6. The number of halogens is 1. The van der Waals surface area contributed by atoms with Gasteiger partial charge < -0.3 is 9.47 Å². The van der Waals surface area contributed by atoms with Crippen molar-refractivity contribution >= 4 is 35.4 Å². The van der Waals surface area contributed by atoms with Gasteiger partial charge in [-0.2, -0.15) is 4.90 Å². The number of ketones is 1. The highest BCUT2D eigenvalue weighted by Gasteiger charge is 2.33. The molecule has 0 aromatic carbocycles. The van der Waals surface area contributed by atoms with E-state index in [9.17, 15) is 14.4 Å². The zero-order chi connectivity index (χ0) is 20.9. The van der Waals surface area contributed by atoms with Crippen LogP contribution in [0.15, 0.2) is 12.3 Å².